The standard InChI is InChI=1S/C22H25ClFN3O3/c23-18-14-17(8-9-19(18)24)26-22(29)21(28)25-10-4-5-11-27-12-13-30-20(15-27)16-6-2-1-3-7-16/h1-3,6-9,14,20H,4-5,10-13,15H2,(H,25,28)(H,26,29)/t20-/m1/s1. The van der Waals surface area contributed by atoms with Crippen LogP contribution >= 0.6 is 11.6 Å². The Morgan fingerprint density at radius 1 is 1.13 bits per heavy atom. The van der Waals surface area contributed by atoms with Crippen LogP contribution in [0.3, 0.4) is 0 Å². The minimum atomic E-state index is -0.809. The third-order valence-electron chi connectivity index (χ3n) is 4.89. The molecule has 8 heteroatoms. The first kappa shape index (κ1) is 22.2. The molecular weight excluding hydrogens is 409 g/mol. The van der Waals surface area contributed by atoms with E-state index in [1.165, 1.54) is 17.7 Å². The van der Waals surface area contributed by atoms with Crippen molar-refractivity contribution >= 4 is 29.1 Å². The second-order valence-corrected chi connectivity index (χ2v) is 7.52. The van der Waals surface area contributed by atoms with Gasteiger partial charge in [-0.05, 0) is 43.1 Å². The quantitative estimate of drug-likeness (QED) is 0.518. The Bertz CT molecular complexity index is 866. The van der Waals surface area contributed by atoms with E-state index in [1.807, 2.05) is 18.2 Å². The Morgan fingerprint density at radius 3 is 2.70 bits per heavy atom. The SMILES string of the molecule is O=C(NCCCCN1CCO[C@@H](c2ccccc2)C1)C(=O)Nc1ccc(F)c(Cl)c1. The number of hydrogen-bond acceptors (Lipinski definition) is 4. The fraction of sp³-hybridized carbons (Fsp3) is 0.364. The molecule has 2 N–H and O–H groups in total. The van der Waals surface area contributed by atoms with Gasteiger partial charge in [0, 0.05) is 25.3 Å². The van der Waals surface area contributed by atoms with E-state index in [1.54, 1.807) is 0 Å². The lowest BCUT2D eigenvalue weighted by molar-refractivity contribution is -0.136. The zero-order chi connectivity index (χ0) is 21.3. The summed E-state index contributed by atoms with van der Waals surface area (Å²) in [6, 6.07) is 13.9. The molecule has 0 aromatic heterocycles. The number of anilines is 1. The molecule has 6 nitrogen and oxygen atoms in total. The van der Waals surface area contributed by atoms with Crippen LogP contribution in [0.2, 0.25) is 5.02 Å². The molecule has 160 valence electrons. The van der Waals surface area contributed by atoms with E-state index in [2.05, 4.69) is 27.7 Å². The monoisotopic (exact) mass is 433 g/mol. The average Bonchev–Trinajstić information content (AvgIpc) is 2.76. The van der Waals surface area contributed by atoms with Crippen molar-refractivity contribution in [2.75, 3.05) is 38.1 Å². The van der Waals surface area contributed by atoms with Crippen LogP contribution in [0.15, 0.2) is 48.5 Å². The Morgan fingerprint density at radius 2 is 1.93 bits per heavy atom. The van der Waals surface area contributed by atoms with Crippen LogP contribution in [0.4, 0.5) is 10.1 Å². The van der Waals surface area contributed by atoms with Gasteiger partial charge in [-0.1, -0.05) is 41.9 Å². The van der Waals surface area contributed by atoms with Crippen LogP contribution < -0.4 is 10.6 Å². The van der Waals surface area contributed by atoms with Gasteiger partial charge in [0.05, 0.1) is 17.7 Å². The highest BCUT2D eigenvalue weighted by molar-refractivity contribution is 6.39. The maximum atomic E-state index is 13.1. The van der Waals surface area contributed by atoms with Gasteiger partial charge in [0.15, 0.2) is 0 Å². The summed E-state index contributed by atoms with van der Waals surface area (Å²) in [6.45, 7) is 3.74. The smallest absolute Gasteiger partial charge is 0.313 e. The number of nitrogens with one attached hydrogen (secondary N) is 2. The molecule has 30 heavy (non-hydrogen) atoms. The predicted molar refractivity (Wildman–Crippen MR) is 114 cm³/mol. The van der Waals surface area contributed by atoms with Gasteiger partial charge in [0.2, 0.25) is 0 Å². The number of unbranched alkanes of at least 4 members (excludes halogenated alkanes) is 1. The number of morpholine rings is 1. The van der Waals surface area contributed by atoms with Gasteiger partial charge >= 0.3 is 11.8 Å². The van der Waals surface area contributed by atoms with E-state index in [-0.39, 0.29) is 16.8 Å². The molecule has 0 aliphatic carbocycles. The molecular formula is C22H25ClFN3O3. The van der Waals surface area contributed by atoms with Crippen molar-refractivity contribution < 1.29 is 18.7 Å². The lowest BCUT2D eigenvalue weighted by atomic mass is 10.1. The number of nitrogens with zero attached hydrogens (tertiary/aromatic N) is 1. The van der Waals surface area contributed by atoms with Crippen LogP contribution in [-0.2, 0) is 14.3 Å². The minimum Gasteiger partial charge on any atom is -0.371 e. The summed E-state index contributed by atoms with van der Waals surface area (Å²) >= 11 is 5.66. The maximum Gasteiger partial charge on any atom is 0.313 e. The van der Waals surface area contributed by atoms with Crippen molar-refractivity contribution in [3.8, 4) is 0 Å². The van der Waals surface area contributed by atoms with Crippen LogP contribution in [0.25, 0.3) is 0 Å². The lowest BCUT2D eigenvalue weighted by Crippen LogP contribution is -2.39. The molecule has 1 saturated heterocycles. The third kappa shape index (κ3) is 6.52. The second kappa shape index (κ2) is 11.1. The molecule has 1 heterocycles. The molecule has 2 aromatic carbocycles. The molecule has 0 bridgehead atoms. The zero-order valence-electron chi connectivity index (χ0n) is 16.6. The largest absolute Gasteiger partial charge is 0.371 e. The molecule has 1 fully saturated rings. The Balaban J connectivity index is 1.33. The molecule has 1 aliphatic rings. The summed E-state index contributed by atoms with van der Waals surface area (Å²) in [7, 11) is 0. The normalized spacial score (nSPS) is 16.8. The number of rotatable bonds is 7. The highest BCUT2D eigenvalue weighted by atomic mass is 35.5. The van der Waals surface area contributed by atoms with E-state index in [4.69, 9.17) is 16.3 Å². The van der Waals surface area contributed by atoms with E-state index >= 15 is 0 Å². The average molecular weight is 434 g/mol. The number of amides is 2. The summed E-state index contributed by atoms with van der Waals surface area (Å²) in [5, 5.41) is 4.88. The first-order valence-corrected chi connectivity index (χ1v) is 10.3. The highest BCUT2D eigenvalue weighted by Gasteiger charge is 2.21. The predicted octanol–water partition coefficient (Wildman–Crippen LogP) is 3.39. The van der Waals surface area contributed by atoms with Crippen molar-refractivity contribution in [1.29, 1.82) is 0 Å². The molecule has 1 atom stereocenters. The number of hydrogen-bond donors (Lipinski definition) is 2. The molecule has 0 saturated carbocycles. The van der Waals surface area contributed by atoms with E-state index in [0.717, 1.165) is 38.5 Å². The number of carbonyl (C=O) groups excluding carboxylic acids is 2. The van der Waals surface area contributed by atoms with E-state index < -0.39 is 17.6 Å². The summed E-state index contributed by atoms with van der Waals surface area (Å²) in [6.07, 6.45) is 1.74. The van der Waals surface area contributed by atoms with Crippen molar-refractivity contribution in [3.05, 3.63) is 64.9 Å². The van der Waals surface area contributed by atoms with Gasteiger partial charge < -0.3 is 15.4 Å². The van der Waals surface area contributed by atoms with E-state index in [9.17, 15) is 14.0 Å². The topological polar surface area (TPSA) is 70.7 Å². The molecule has 3 rings (SSSR count). The van der Waals surface area contributed by atoms with Crippen molar-refractivity contribution in [1.82, 2.24) is 10.2 Å². The van der Waals surface area contributed by atoms with Gasteiger partial charge in [0.1, 0.15) is 5.82 Å². The van der Waals surface area contributed by atoms with Crippen LogP contribution in [0.5, 0.6) is 0 Å². The van der Waals surface area contributed by atoms with Crippen LogP contribution in [0.1, 0.15) is 24.5 Å². The van der Waals surface area contributed by atoms with Gasteiger partial charge in [-0.25, -0.2) is 4.39 Å². The first-order chi connectivity index (χ1) is 14.5. The zero-order valence-corrected chi connectivity index (χ0v) is 17.3. The summed E-state index contributed by atoms with van der Waals surface area (Å²) in [5.74, 6) is -2.13. The van der Waals surface area contributed by atoms with Crippen molar-refractivity contribution in [2.24, 2.45) is 0 Å². The molecule has 0 radical (unpaired) electrons. The van der Waals surface area contributed by atoms with Crippen molar-refractivity contribution in [3.63, 3.8) is 0 Å². The third-order valence-corrected chi connectivity index (χ3v) is 5.18. The summed E-state index contributed by atoms with van der Waals surface area (Å²) < 4.78 is 19.0. The second-order valence-electron chi connectivity index (χ2n) is 7.12. The summed E-state index contributed by atoms with van der Waals surface area (Å²) in [5.41, 5.74) is 1.45. The van der Waals surface area contributed by atoms with Gasteiger partial charge in [-0.2, -0.15) is 0 Å². The van der Waals surface area contributed by atoms with E-state index in [0.29, 0.717) is 13.2 Å². The van der Waals surface area contributed by atoms with Gasteiger partial charge in [-0.15, -0.1) is 0 Å². The fourth-order valence-corrected chi connectivity index (χ4v) is 3.46. The molecule has 2 amide bonds. The van der Waals surface area contributed by atoms with Crippen LogP contribution in [0, 0.1) is 5.82 Å². The van der Waals surface area contributed by atoms with Gasteiger partial charge in [-0.3, -0.25) is 14.5 Å². The summed E-state index contributed by atoms with van der Waals surface area (Å²) in [4.78, 5) is 26.2. The molecule has 0 unspecified atom stereocenters. The Kier molecular flexibility index (Phi) is 8.19. The minimum absolute atomic E-state index is 0.0864. The fourth-order valence-electron chi connectivity index (χ4n) is 3.28. The van der Waals surface area contributed by atoms with Crippen molar-refractivity contribution in [2.45, 2.75) is 18.9 Å². The molecule has 0 spiro atoms. The number of benzene rings is 2. The highest BCUT2D eigenvalue weighted by Crippen LogP contribution is 2.22. The first-order valence-electron chi connectivity index (χ1n) is 9.96. The maximum absolute atomic E-state index is 13.1. The molecule has 1 aliphatic heterocycles. The number of carbonyl (C=O) groups is 2. The lowest BCUT2D eigenvalue weighted by Gasteiger charge is -2.33. The Labute approximate surface area is 180 Å². The van der Waals surface area contributed by atoms with Crippen LogP contribution in [-0.4, -0.2) is 49.5 Å². The van der Waals surface area contributed by atoms with Gasteiger partial charge in [0.25, 0.3) is 0 Å². The molecule has 2 aromatic rings. The number of halogens is 2. The number of ether oxygens (including phenoxy) is 1. The Hall–Kier alpha value is -2.48.